The number of hydrogen-bond donors (Lipinski definition) is 1. The van der Waals surface area contributed by atoms with Gasteiger partial charge in [-0.25, -0.2) is 14.4 Å². The molecule has 0 aliphatic carbocycles. The highest BCUT2D eigenvalue weighted by atomic mass is 19.1. The summed E-state index contributed by atoms with van der Waals surface area (Å²) in [5.41, 5.74) is 3.31. The number of anilines is 2. The molecule has 3 rings (SSSR count). The van der Waals surface area contributed by atoms with Crippen molar-refractivity contribution in [3.05, 3.63) is 35.7 Å². The first-order chi connectivity index (χ1) is 11.0. The quantitative estimate of drug-likeness (QED) is 0.800. The third-order valence-electron chi connectivity index (χ3n) is 3.83. The van der Waals surface area contributed by atoms with E-state index >= 15 is 0 Å². The number of hydrogen-bond acceptors (Lipinski definition) is 5. The Balaban J connectivity index is 2.12. The summed E-state index contributed by atoms with van der Waals surface area (Å²) in [5, 5.41) is 8.46. The zero-order valence-electron chi connectivity index (χ0n) is 13.5. The van der Waals surface area contributed by atoms with Crippen LogP contribution in [0.2, 0.25) is 0 Å². The van der Waals surface area contributed by atoms with Gasteiger partial charge in [-0.1, -0.05) is 0 Å². The summed E-state index contributed by atoms with van der Waals surface area (Å²) in [7, 11) is 1.43. The van der Waals surface area contributed by atoms with Crippen LogP contribution in [-0.2, 0) is 6.54 Å². The second-order valence-corrected chi connectivity index (χ2v) is 5.21. The van der Waals surface area contributed by atoms with Crippen LogP contribution >= 0.6 is 0 Å². The van der Waals surface area contributed by atoms with Crippen molar-refractivity contribution >= 4 is 22.4 Å². The fraction of sp³-hybridized carbons (Fsp3) is 0.312. The highest BCUT2D eigenvalue weighted by Gasteiger charge is 2.14. The number of aromatic nitrogens is 4. The average molecular weight is 315 g/mol. The van der Waals surface area contributed by atoms with Crippen LogP contribution in [0.5, 0.6) is 5.75 Å². The maximum absolute atomic E-state index is 13.8. The van der Waals surface area contributed by atoms with Gasteiger partial charge >= 0.3 is 0 Å². The normalized spacial score (nSPS) is 11.0. The smallest absolute Gasteiger partial charge is 0.167 e. The Morgan fingerprint density at radius 3 is 2.70 bits per heavy atom. The van der Waals surface area contributed by atoms with E-state index < -0.39 is 5.82 Å². The van der Waals surface area contributed by atoms with E-state index in [0.29, 0.717) is 16.7 Å². The summed E-state index contributed by atoms with van der Waals surface area (Å²) in [6.45, 7) is 6.76. The Morgan fingerprint density at radius 2 is 2.04 bits per heavy atom. The summed E-state index contributed by atoms with van der Waals surface area (Å²) in [6, 6.07) is 2.94. The van der Waals surface area contributed by atoms with Gasteiger partial charge in [0, 0.05) is 18.0 Å². The first kappa shape index (κ1) is 15.2. The number of nitrogens with zero attached hydrogens (tertiary/aromatic N) is 4. The lowest BCUT2D eigenvalue weighted by Crippen LogP contribution is -2.01. The lowest BCUT2D eigenvalue weighted by atomic mass is 10.2. The standard InChI is InChI=1S/C16H18FN5O/c1-5-22-10(3)15(9(2)21-22)20-16-11-6-14(23-4)12(17)7-13(11)18-8-19-16/h6-8H,5H2,1-4H3,(H,18,19,20). The SMILES string of the molecule is CCn1nc(C)c(Nc2ncnc3cc(F)c(OC)cc23)c1C. The van der Waals surface area contributed by atoms with Gasteiger partial charge in [-0.05, 0) is 26.8 Å². The number of fused-ring (bicyclic) bond motifs is 1. The first-order valence-corrected chi connectivity index (χ1v) is 7.34. The van der Waals surface area contributed by atoms with Gasteiger partial charge in [-0.15, -0.1) is 0 Å². The van der Waals surface area contributed by atoms with E-state index in [9.17, 15) is 4.39 Å². The predicted octanol–water partition coefficient (Wildman–Crippen LogP) is 3.35. The molecule has 0 aliphatic heterocycles. The predicted molar refractivity (Wildman–Crippen MR) is 86.7 cm³/mol. The monoisotopic (exact) mass is 315 g/mol. The molecule has 0 aliphatic rings. The number of methoxy groups -OCH3 is 1. The average Bonchev–Trinajstić information content (AvgIpc) is 2.82. The van der Waals surface area contributed by atoms with Gasteiger partial charge in [0.05, 0.1) is 29.7 Å². The molecule has 0 saturated carbocycles. The van der Waals surface area contributed by atoms with Crippen molar-refractivity contribution in [1.82, 2.24) is 19.7 Å². The van der Waals surface area contributed by atoms with Crippen molar-refractivity contribution < 1.29 is 9.13 Å². The van der Waals surface area contributed by atoms with Gasteiger partial charge in [-0.2, -0.15) is 5.10 Å². The first-order valence-electron chi connectivity index (χ1n) is 7.34. The molecule has 0 saturated heterocycles. The molecule has 23 heavy (non-hydrogen) atoms. The molecule has 120 valence electrons. The third kappa shape index (κ3) is 2.58. The molecule has 0 radical (unpaired) electrons. The molecule has 0 bridgehead atoms. The van der Waals surface area contributed by atoms with Crippen LogP contribution in [0.15, 0.2) is 18.5 Å². The zero-order valence-corrected chi connectivity index (χ0v) is 13.5. The Morgan fingerprint density at radius 1 is 1.26 bits per heavy atom. The number of ether oxygens (including phenoxy) is 1. The van der Waals surface area contributed by atoms with Crippen LogP contribution < -0.4 is 10.1 Å². The molecule has 0 spiro atoms. The second kappa shape index (κ2) is 5.83. The molecule has 3 aromatic rings. The van der Waals surface area contributed by atoms with E-state index in [1.54, 1.807) is 6.07 Å². The summed E-state index contributed by atoms with van der Waals surface area (Å²) < 4.78 is 20.8. The number of benzene rings is 1. The van der Waals surface area contributed by atoms with Crippen molar-refractivity contribution in [3.63, 3.8) is 0 Å². The third-order valence-corrected chi connectivity index (χ3v) is 3.83. The lowest BCUT2D eigenvalue weighted by Gasteiger charge is -2.10. The molecule has 0 amide bonds. The Bertz CT molecular complexity index is 875. The van der Waals surface area contributed by atoms with Crippen molar-refractivity contribution in [1.29, 1.82) is 0 Å². The van der Waals surface area contributed by atoms with Crippen LogP contribution in [0.3, 0.4) is 0 Å². The largest absolute Gasteiger partial charge is 0.494 e. The lowest BCUT2D eigenvalue weighted by molar-refractivity contribution is 0.387. The number of nitrogens with one attached hydrogen (secondary N) is 1. The van der Waals surface area contributed by atoms with Gasteiger partial charge in [0.2, 0.25) is 0 Å². The Kier molecular flexibility index (Phi) is 3.85. The summed E-state index contributed by atoms with van der Waals surface area (Å²) >= 11 is 0. The van der Waals surface area contributed by atoms with E-state index in [2.05, 4.69) is 20.4 Å². The highest BCUT2D eigenvalue weighted by Crippen LogP contribution is 2.30. The number of halogens is 1. The molecule has 0 fully saturated rings. The maximum Gasteiger partial charge on any atom is 0.167 e. The van der Waals surface area contributed by atoms with Crippen molar-refractivity contribution in [2.45, 2.75) is 27.3 Å². The van der Waals surface area contributed by atoms with Gasteiger partial charge in [-0.3, -0.25) is 4.68 Å². The minimum atomic E-state index is -0.448. The molecule has 7 heteroatoms. The fourth-order valence-corrected chi connectivity index (χ4v) is 2.62. The molecule has 0 unspecified atom stereocenters. The summed E-state index contributed by atoms with van der Waals surface area (Å²) in [6.07, 6.45) is 1.41. The maximum atomic E-state index is 13.8. The van der Waals surface area contributed by atoms with E-state index in [1.807, 2.05) is 25.5 Å². The molecule has 2 heterocycles. The van der Waals surface area contributed by atoms with E-state index in [1.165, 1.54) is 19.5 Å². The number of rotatable bonds is 4. The van der Waals surface area contributed by atoms with Crippen molar-refractivity contribution in [2.24, 2.45) is 0 Å². The van der Waals surface area contributed by atoms with Crippen LogP contribution in [0, 0.1) is 19.7 Å². The van der Waals surface area contributed by atoms with E-state index in [4.69, 9.17) is 4.74 Å². The fourth-order valence-electron chi connectivity index (χ4n) is 2.62. The van der Waals surface area contributed by atoms with Crippen LogP contribution in [-0.4, -0.2) is 26.9 Å². The van der Waals surface area contributed by atoms with Crippen LogP contribution in [0.25, 0.3) is 10.9 Å². The van der Waals surface area contributed by atoms with E-state index in [-0.39, 0.29) is 5.75 Å². The summed E-state index contributed by atoms with van der Waals surface area (Å²) in [4.78, 5) is 8.41. The Hall–Kier alpha value is -2.70. The van der Waals surface area contributed by atoms with E-state index in [0.717, 1.165) is 23.6 Å². The molecule has 6 nitrogen and oxygen atoms in total. The zero-order chi connectivity index (χ0) is 16.6. The van der Waals surface area contributed by atoms with Gasteiger partial charge in [0.15, 0.2) is 11.6 Å². The minimum Gasteiger partial charge on any atom is -0.494 e. The molecule has 1 N–H and O–H groups in total. The van der Waals surface area contributed by atoms with Crippen LogP contribution in [0.1, 0.15) is 18.3 Å². The molecule has 1 aromatic carbocycles. The topological polar surface area (TPSA) is 64.9 Å². The summed E-state index contributed by atoms with van der Waals surface area (Å²) in [5.74, 6) is 0.305. The molecule has 2 aromatic heterocycles. The second-order valence-electron chi connectivity index (χ2n) is 5.21. The molecule has 0 atom stereocenters. The molecular weight excluding hydrogens is 297 g/mol. The van der Waals surface area contributed by atoms with Gasteiger partial charge in [0.25, 0.3) is 0 Å². The van der Waals surface area contributed by atoms with Crippen LogP contribution in [0.4, 0.5) is 15.9 Å². The van der Waals surface area contributed by atoms with Crippen molar-refractivity contribution in [3.8, 4) is 5.75 Å². The van der Waals surface area contributed by atoms with Gasteiger partial charge < -0.3 is 10.1 Å². The van der Waals surface area contributed by atoms with Crippen molar-refractivity contribution in [2.75, 3.05) is 12.4 Å². The molecular formula is C16H18FN5O. The highest BCUT2D eigenvalue weighted by molar-refractivity contribution is 5.92. The van der Waals surface area contributed by atoms with Gasteiger partial charge in [0.1, 0.15) is 12.1 Å². The minimum absolute atomic E-state index is 0.160. The Labute approximate surface area is 133 Å². The number of aryl methyl sites for hydroxylation is 2.